The number of benzene rings is 5. The predicted molar refractivity (Wildman–Crippen MR) is 165 cm³/mol. The van der Waals surface area contributed by atoms with Crippen molar-refractivity contribution in [2.45, 2.75) is 13.0 Å². The van der Waals surface area contributed by atoms with Gasteiger partial charge in [-0.1, -0.05) is 91.0 Å². The highest BCUT2D eigenvalue weighted by molar-refractivity contribution is 5.90. The summed E-state index contributed by atoms with van der Waals surface area (Å²) in [5.74, 6) is 1.99. The summed E-state index contributed by atoms with van der Waals surface area (Å²) >= 11 is 0. The molecule has 5 aromatic carbocycles. The van der Waals surface area contributed by atoms with E-state index in [4.69, 9.17) is 9.47 Å². The van der Waals surface area contributed by atoms with E-state index < -0.39 is 0 Å². The van der Waals surface area contributed by atoms with Crippen LogP contribution in [-0.4, -0.2) is 25.7 Å². The molecule has 0 spiro atoms. The van der Waals surface area contributed by atoms with Crippen molar-refractivity contribution in [3.05, 3.63) is 139 Å². The third-order valence-corrected chi connectivity index (χ3v) is 7.78. The van der Waals surface area contributed by atoms with Crippen molar-refractivity contribution in [2.75, 3.05) is 24.5 Å². The monoisotopic (exact) mass is 542 g/mol. The minimum absolute atomic E-state index is 0.286. The molecule has 0 bridgehead atoms. The fraction of sp³-hybridized carbons (Fsp3) is 0.194. The molecule has 0 aliphatic carbocycles. The summed E-state index contributed by atoms with van der Waals surface area (Å²) < 4.78 is 12.0. The van der Waals surface area contributed by atoms with E-state index in [9.17, 15) is 4.79 Å². The molecule has 1 saturated heterocycles. The van der Waals surface area contributed by atoms with Gasteiger partial charge in [-0.25, -0.2) is 4.79 Å². The molecular formula is C36H34N2O3. The molecule has 0 aromatic heterocycles. The number of carbonyl (C=O) groups excluding carboxylic acids is 1. The Bertz CT molecular complexity index is 1570. The van der Waals surface area contributed by atoms with Gasteiger partial charge < -0.3 is 14.8 Å². The van der Waals surface area contributed by atoms with Crippen LogP contribution in [0.1, 0.15) is 11.1 Å². The lowest BCUT2D eigenvalue weighted by atomic mass is 9.89. The first-order valence-corrected chi connectivity index (χ1v) is 14.2. The molecule has 0 saturated carbocycles. The number of rotatable bonds is 9. The van der Waals surface area contributed by atoms with Gasteiger partial charge in [0.2, 0.25) is 0 Å². The lowest BCUT2D eigenvalue weighted by Gasteiger charge is -2.28. The van der Waals surface area contributed by atoms with Crippen molar-refractivity contribution in [3.8, 4) is 11.5 Å². The van der Waals surface area contributed by atoms with Gasteiger partial charge in [0.25, 0.3) is 0 Å². The number of amides is 1. The number of hydrogen-bond acceptors (Lipinski definition) is 4. The molecular weight excluding hydrogens is 508 g/mol. The number of nitrogens with zero attached hydrogens (tertiary/aromatic N) is 1. The summed E-state index contributed by atoms with van der Waals surface area (Å²) in [7, 11) is 0. The SMILES string of the molecule is O=C(Oc1ccc2ccccc2c1)N(C[C@@H]1CNC[C@H]1Cc1ccccc1)c1ccc(OCc2ccccc2)cc1. The van der Waals surface area contributed by atoms with E-state index in [2.05, 4.69) is 35.6 Å². The Balaban J connectivity index is 1.21. The summed E-state index contributed by atoms with van der Waals surface area (Å²) in [5, 5.41) is 5.69. The van der Waals surface area contributed by atoms with Gasteiger partial charge in [0.15, 0.2) is 0 Å². The Morgan fingerprint density at radius 3 is 2.07 bits per heavy atom. The van der Waals surface area contributed by atoms with Crippen LogP contribution >= 0.6 is 0 Å². The van der Waals surface area contributed by atoms with Crippen molar-refractivity contribution >= 4 is 22.6 Å². The zero-order chi connectivity index (χ0) is 27.9. The van der Waals surface area contributed by atoms with Gasteiger partial charge in [0, 0.05) is 12.2 Å². The topological polar surface area (TPSA) is 50.8 Å². The van der Waals surface area contributed by atoms with Crippen LogP contribution in [-0.2, 0) is 13.0 Å². The van der Waals surface area contributed by atoms with Crippen molar-refractivity contribution < 1.29 is 14.3 Å². The van der Waals surface area contributed by atoms with Crippen LogP contribution in [0.3, 0.4) is 0 Å². The maximum Gasteiger partial charge on any atom is 0.419 e. The Labute approximate surface area is 241 Å². The van der Waals surface area contributed by atoms with Gasteiger partial charge in [-0.2, -0.15) is 0 Å². The first-order chi connectivity index (χ1) is 20.2. The molecule has 5 nitrogen and oxygen atoms in total. The van der Waals surface area contributed by atoms with E-state index >= 15 is 0 Å². The number of nitrogens with one attached hydrogen (secondary N) is 1. The molecule has 2 atom stereocenters. The minimum atomic E-state index is -0.386. The fourth-order valence-corrected chi connectivity index (χ4v) is 5.53. The van der Waals surface area contributed by atoms with Gasteiger partial charge >= 0.3 is 6.09 Å². The van der Waals surface area contributed by atoms with E-state index in [1.807, 2.05) is 97.1 Å². The maximum atomic E-state index is 13.7. The van der Waals surface area contributed by atoms with Crippen LogP contribution < -0.4 is 19.7 Å². The molecule has 1 aliphatic heterocycles. The second-order valence-corrected chi connectivity index (χ2v) is 10.6. The predicted octanol–water partition coefficient (Wildman–Crippen LogP) is 7.50. The molecule has 1 fully saturated rings. The van der Waals surface area contributed by atoms with Crippen molar-refractivity contribution in [2.24, 2.45) is 11.8 Å². The zero-order valence-corrected chi connectivity index (χ0v) is 23.0. The van der Waals surface area contributed by atoms with E-state index in [1.54, 1.807) is 4.90 Å². The largest absolute Gasteiger partial charge is 0.489 e. The average Bonchev–Trinajstić information content (AvgIpc) is 3.46. The molecule has 1 N–H and O–H groups in total. The van der Waals surface area contributed by atoms with Gasteiger partial charge in [-0.15, -0.1) is 0 Å². The smallest absolute Gasteiger partial charge is 0.419 e. The van der Waals surface area contributed by atoms with Gasteiger partial charge in [-0.3, -0.25) is 4.90 Å². The Kier molecular flexibility index (Phi) is 8.25. The van der Waals surface area contributed by atoms with Gasteiger partial charge in [0.05, 0.1) is 0 Å². The first-order valence-electron chi connectivity index (χ1n) is 14.2. The number of ether oxygens (including phenoxy) is 2. The molecule has 1 amide bonds. The fourth-order valence-electron chi connectivity index (χ4n) is 5.53. The molecule has 5 aromatic rings. The third-order valence-electron chi connectivity index (χ3n) is 7.78. The van der Waals surface area contributed by atoms with Crippen LogP contribution in [0.2, 0.25) is 0 Å². The van der Waals surface area contributed by atoms with E-state index in [-0.39, 0.29) is 12.0 Å². The lowest BCUT2D eigenvalue weighted by molar-refractivity contribution is 0.205. The van der Waals surface area contributed by atoms with Crippen LogP contribution in [0.15, 0.2) is 127 Å². The van der Waals surface area contributed by atoms with Gasteiger partial charge in [0.1, 0.15) is 18.1 Å². The van der Waals surface area contributed by atoms with Crippen molar-refractivity contribution in [1.82, 2.24) is 5.32 Å². The van der Waals surface area contributed by atoms with E-state index in [0.717, 1.165) is 47.3 Å². The number of hydrogen-bond donors (Lipinski definition) is 1. The highest BCUT2D eigenvalue weighted by Crippen LogP contribution is 2.28. The van der Waals surface area contributed by atoms with Crippen LogP contribution in [0.25, 0.3) is 10.8 Å². The van der Waals surface area contributed by atoms with Crippen LogP contribution in [0, 0.1) is 11.8 Å². The zero-order valence-electron chi connectivity index (χ0n) is 23.0. The number of carbonyl (C=O) groups is 1. The quantitative estimate of drug-likeness (QED) is 0.210. The normalized spacial score (nSPS) is 16.4. The number of fused-ring (bicyclic) bond motifs is 1. The van der Waals surface area contributed by atoms with E-state index in [0.29, 0.717) is 24.8 Å². The van der Waals surface area contributed by atoms with Crippen molar-refractivity contribution in [1.29, 1.82) is 0 Å². The summed E-state index contributed by atoms with van der Waals surface area (Å²) in [6.45, 7) is 2.83. The summed E-state index contributed by atoms with van der Waals surface area (Å²) in [5.41, 5.74) is 3.21. The molecule has 1 aliphatic rings. The lowest BCUT2D eigenvalue weighted by Crippen LogP contribution is -2.40. The molecule has 0 radical (unpaired) electrons. The summed E-state index contributed by atoms with van der Waals surface area (Å²) in [6, 6.07) is 42.2. The summed E-state index contributed by atoms with van der Waals surface area (Å²) in [4.78, 5) is 15.5. The van der Waals surface area contributed by atoms with Crippen LogP contribution in [0.4, 0.5) is 10.5 Å². The second kappa shape index (κ2) is 12.7. The number of anilines is 1. The Morgan fingerprint density at radius 2 is 1.32 bits per heavy atom. The maximum absolute atomic E-state index is 13.7. The standard InChI is InChI=1S/C36H34N2O3/c39-36(41-35-18-15-29-13-7-8-14-30(29)22-35)38(25-32-24-37-23-31(32)21-27-9-3-1-4-10-27)33-16-19-34(20-17-33)40-26-28-11-5-2-6-12-28/h1-20,22,31-32,37H,21,23-26H2/t31-,32+/m1/s1. The molecule has 41 heavy (non-hydrogen) atoms. The molecule has 6 rings (SSSR count). The highest BCUT2D eigenvalue weighted by atomic mass is 16.6. The first kappa shape index (κ1) is 26.6. The van der Waals surface area contributed by atoms with Crippen LogP contribution in [0.5, 0.6) is 11.5 Å². The molecule has 0 unspecified atom stereocenters. The molecule has 1 heterocycles. The summed E-state index contributed by atoms with van der Waals surface area (Å²) in [6.07, 6.45) is 0.585. The molecule has 206 valence electrons. The Morgan fingerprint density at radius 1 is 0.683 bits per heavy atom. The second-order valence-electron chi connectivity index (χ2n) is 10.6. The third kappa shape index (κ3) is 6.76. The van der Waals surface area contributed by atoms with Gasteiger partial charge in [-0.05, 0) is 89.6 Å². The highest BCUT2D eigenvalue weighted by Gasteiger charge is 2.31. The Hall–Kier alpha value is -4.61. The molecule has 5 heteroatoms. The average molecular weight is 543 g/mol. The van der Waals surface area contributed by atoms with E-state index in [1.165, 1.54) is 5.56 Å². The van der Waals surface area contributed by atoms with Crippen molar-refractivity contribution in [3.63, 3.8) is 0 Å². The minimum Gasteiger partial charge on any atom is -0.489 e.